The number of quaternary nitrogens is 1. The minimum atomic E-state index is -5.79. The van der Waals surface area contributed by atoms with Crippen LogP contribution in [0, 0.1) is 0 Å². The van der Waals surface area contributed by atoms with Crippen LogP contribution in [0.25, 0.3) is 0 Å². The van der Waals surface area contributed by atoms with Gasteiger partial charge in [0.05, 0.1) is 0 Å². The monoisotopic (exact) mass is 346 g/mol. The van der Waals surface area contributed by atoms with Crippen molar-refractivity contribution in [2.24, 2.45) is 0 Å². The molecule has 0 bridgehead atoms. The van der Waals surface area contributed by atoms with E-state index in [9.17, 15) is 29.1 Å². The quantitative estimate of drug-likeness (QED) is 0.139. The average molecular weight is 346 g/mol. The molecular formula is C7H14N3O9P2+. The van der Waals surface area contributed by atoms with Crippen LogP contribution in [0.1, 0.15) is 0 Å². The van der Waals surface area contributed by atoms with Crippen molar-refractivity contribution in [2.75, 3.05) is 6.54 Å². The van der Waals surface area contributed by atoms with Gasteiger partial charge in [0, 0.05) is 4.67 Å². The Balaban J connectivity index is 3.06. The summed E-state index contributed by atoms with van der Waals surface area (Å²) >= 11 is 0. The molecule has 1 aromatic heterocycles. The zero-order chi connectivity index (χ0) is 16.3. The molecule has 1 aromatic rings. The van der Waals surface area contributed by atoms with Crippen LogP contribution in [-0.4, -0.2) is 37.5 Å². The fourth-order valence-corrected chi connectivity index (χ4v) is 3.56. The molecule has 3 atom stereocenters. The Morgan fingerprint density at radius 1 is 1.62 bits per heavy atom. The van der Waals surface area contributed by atoms with Gasteiger partial charge >= 0.3 is 19.0 Å². The van der Waals surface area contributed by atoms with Crippen LogP contribution >= 0.6 is 15.5 Å². The molecule has 0 amide bonds. The third kappa shape index (κ3) is 4.04. The third-order valence-electron chi connectivity index (χ3n) is 2.34. The number of hydrogen-bond acceptors (Lipinski definition) is 8. The van der Waals surface area contributed by atoms with E-state index in [4.69, 9.17) is 4.89 Å². The molecule has 1 heterocycles. The minimum absolute atomic E-state index is 0.473. The number of carbonyl (C=O) groups excluding carboxylic acids is 1. The van der Waals surface area contributed by atoms with E-state index in [1.807, 2.05) is 0 Å². The van der Waals surface area contributed by atoms with Gasteiger partial charge in [-0.2, -0.15) is 0 Å². The first-order chi connectivity index (χ1) is 9.53. The highest BCUT2D eigenvalue weighted by Crippen LogP contribution is 2.70. The molecule has 0 aromatic carbocycles. The summed E-state index contributed by atoms with van der Waals surface area (Å²) in [6.45, 7) is -1.53. The highest BCUT2D eigenvalue weighted by Gasteiger charge is 2.64. The Kier molecular flexibility index (Phi) is 5.56. The number of nitrogens with one attached hydrogen (secondary N) is 1. The number of nitrogens with zero attached hydrogens (tertiary/aromatic N) is 1. The molecule has 0 aliphatic heterocycles. The maximum absolute atomic E-state index is 11.9. The number of hydrogen-bond donors (Lipinski definition) is 5. The average Bonchev–Trinajstić information content (AvgIpc) is 2.87. The van der Waals surface area contributed by atoms with E-state index in [1.165, 1.54) is 12.4 Å². The van der Waals surface area contributed by atoms with Crippen LogP contribution in [0.15, 0.2) is 18.7 Å². The molecule has 0 saturated carbocycles. The third-order valence-corrected chi connectivity index (χ3v) is 6.22. The number of rotatable bonds is 7. The summed E-state index contributed by atoms with van der Waals surface area (Å²) in [7, 11) is -11.3. The molecule has 120 valence electrons. The van der Waals surface area contributed by atoms with Crippen molar-refractivity contribution >= 4 is 21.5 Å². The van der Waals surface area contributed by atoms with Gasteiger partial charge in [0.2, 0.25) is 13.9 Å². The zero-order valence-electron chi connectivity index (χ0n) is 10.5. The Bertz CT molecular complexity index is 529. The van der Waals surface area contributed by atoms with E-state index >= 15 is 0 Å². The highest BCUT2D eigenvalue weighted by molar-refractivity contribution is 7.74. The molecule has 3 unspecified atom stereocenters. The van der Waals surface area contributed by atoms with Gasteiger partial charge in [0.15, 0.2) is 13.1 Å². The Labute approximate surface area is 118 Å². The number of imidazole rings is 1. The molecule has 21 heavy (non-hydrogen) atoms. The first-order valence-electron chi connectivity index (χ1n) is 5.33. The zero-order valence-corrected chi connectivity index (χ0v) is 12.3. The number of aromatic nitrogens is 2. The second-order valence-corrected chi connectivity index (χ2v) is 7.94. The number of carbonyl (C=O) groups is 1. The van der Waals surface area contributed by atoms with Gasteiger partial charge in [0.1, 0.15) is 12.4 Å². The molecule has 0 aliphatic carbocycles. The van der Waals surface area contributed by atoms with Crippen molar-refractivity contribution in [3.63, 3.8) is 0 Å². The highest BCUT2D eigenvalue weighted by atomic mass is 31.3. The van der Waals surface area contributed by atoms with Crippen molar-refractivity contribution in [2.45, 2.75) is 11.6 Å². The van der Waals surface area contributed by atoms with Crippen LogP contribution in [0.5, 0.6) is 0 Å². The van der Waals surface area contributed by atoms with E-state index in [-0.39, 0.29) is 0 Å². The van der Waals surface area contributed by atoms with Crippen molar-refractivity contribution in [3.8, 4) is 0 Å². The molecule has 0 spiro atoms. The molecule has 1 rings (SSSR count). The van der Waals surface area contributed by atoms with E-state index in [0.29, 0.717) is 0 Å². The SMILES string of the molecule is [NH3+]CC(=O)OO[P+]([O-])(O)C(O)(C[n+]1cc[nH]c1)P(=O)([O-])O. The normalized spacial score (nSPS) is 20.1. The van der Waals surface area contributed by atoms with Crippen LogP contribution in [0.4, 0.5) is 0 Å². The maximum atomic E-state index is 11.9. The Morgan fingerprint density at radius 2 is 2.24 bits per heavy atom. The lowest BCUT2D eigenvalue weighted by molar-refractivity contribution is -0.703. The van der Waals surface area contributed by atoms with Crippen molar-refractivity contribution < 1.29 is 53.9 Å². The first-order valence-corrected chi connectivity index (χ1v) is 8.48. The summed E-state index contributed by atoms with van der Waals surface area (Å²) in [4.78, 5) is 58.9. The van der Waals surface area contributed by atoms with Crippen molar-refractivity contribution in [1.29, 1.82) is 0 Å². The molecule has 12 nitrogen and oxygen atoms in total. The number of aromatic amines is 1. The summed E-state index contributed by atoms with van der Waals surface area (Å²) in [6, 6.07) is 0. The summed E-state index contributed by atoms with van der Waals surface area (Å²) in [5.41, 5.74) is 3.10. The van der Waals surface area contributed by atoms with E-state index in [0.717, 1.165) is 10.9 Å². The van der Waals surface area contributed by atoms with Crippen LogP contribution in [0.3, 0.4) is 0 Å². The summed E-state index contributed by atoms with van der Waals surface area (Å²) in [5, 5.41) is 6.31. The van der Waals surface area contributed by atoms with Crippen LogP contribution in [0.2, 0.25) is 0 Å². The van der Waals surface area contributed by atoms with Gasteiger partial charge in [-0.3, -0.25) is 9.87 Å². The number of H-pyrrole nitrogens is 1. The van der Waals surface area contributed by atoms with Gasteiger partial charge in [-0.05, 0) is 0 Å². The summed E-state index contributed by atoms with van der Waals surface area (Å²) < 4.78 is 16.1. The lowest BCUT2D eigenvalue weighted by Crippen LogP contribution is -2.55. The topological polar surface area (TPSA) is 207 Å². The number of aliphatic hydroxyl groups is 1. The summed E-state index contributed by atoms with van der Waals surface area (Å²) in [6.07, 6.45) is 3.67. The molecular weight excluding hydrogens is 332 g/mol. The molecule has 0 saturated heterocycles. The lowest BCUT2D eigenvalue weighted by Gasteiger charge is -2.38. The fourth-order valence-electron chi connectivity index (χ4n) is 1.20. The van der Waals surface area contributed by atoms with Gasteiger partial charge in [-0.15, -0.1) is 0 Å². The van der Waals surface area contributed by atoms with Crippen molar-refractivity contribution in [1.82, 2.24) is 4.98 Å². The van der Waals surface area contributed by atoms with Gasteiger partial charge in [0.25, 0.3) is 0 Å². The van der Waals surface area contributed by atoms with E-state index in [2.05, 4.69) is 20.3 Å². The molecule has 0 aliphatic rings. The Morgan fingerprint density at radius 3 is 2.67 bits per heavy atom. The second kappa shape index (κ2) is 6.44. The predicted octanol–water partition coefficient (Wildman–Crippen LogP) is -4.67. The predicted molar refractivity (Wildman–Crippen MR) is 59.8 cm³/mol. The summed E-state index contributed by atoms with van der Waals surface area (Å²) in [5.74, 6) is -1.18. The van der Waals surface area contributed by atoms with Gasteiger partial charge in [-0.1, -0.05) is 0 Å². The van der Waals surface area contributed by atoms with Gasteiger partial charge < -0.3 is 30.1 Å². The van der Waals surface area contributed by atoms with Gasteiger partial charge in [-0.25, -0.2) is 14.3 Å². The first kappa shape index (κ1) is 18.1. The standard InChI is InChI=1S/C7H13N3O9P2/c8-3-6(11)18-19-21(16,17)7(12,20(13,14)15)4-10-2-1-9-5-10/h1-2,5,12H,3-4,8H2,(H3,13,14,15,16,17)/p+1. The van der Waals surface area contributed by atoms with Crippen molar-refractivity contribution in [3.05, 3.63) is 18.7 Å². The Hall–Kier alpha value is -0.940. The molecule has 14 heteroatoms. The molecule has 7 N–H and O–H groups in total. The fraction of sp³-hybridized carbons (Fsp3) is 0.429. The molecule has 0 radical (unpaired) electrons. The smallest absolute Gasteiger partial charge is 0.400 e. The van der Waals surface area contributed by atoms with Crippen LogP contribution < -0.4 is 20.1 Å². The largest absolute Gasteiger partial charge is 0.774 e. The maximum Gasteiger partial charge on any atom is 0.400 e. The minimum Gasteiger partial charge on any atom is -0.774 e. The van der Waals surface area contributed by atoms with E-state index < -0.39 is 39.7 Å². The van der Waals surface area contributed by atoms with E-state index in [1.54, 1.807) is 0 Å². The lowest BCUT2D eigenvalue weighted by atomic mass is 10.6. The van der Waals surface area contributed by atoms with Crippen LogP contribution in [-0.2, 0) is 25.5 Å². The second-order valence-electron chi connectivity index (χ2n) is 3.88. The molecule has 0 fully saturated rings.